The zero-order valence-corrected chi connectivity index (χ0v) is 12.3. The largest absolute Gasteiger partial charge is 0.480 e. The smallest absolute Gasteiger partial charge is 0.325 e. The number of nitrogens with zero attached hydrogens (tertiary/aromatic N) is 3. The molecule has 1 aromatic carbocycles. The average Bonchev–Trinajstić information content (AvgIpc) is 2.57. The molecular formula is C17H19N3O2. The number of hydrogen-bond donors (Lipinski definition) is 1. The first-order valence-corrected chi connectivity index (χ1v) is 7.43. The molecule has 1 aliphatic rings. The first kappa shape index (κ1) is 14.5. The zero-order chi connectivity index (χ0) is 15.4. The normalized spacial score (nSPS) is 17.2. The van der Waals surface area contributed by atoms with E-state index in [1.54, 1.807) is 6.20 Å². The minimum absolute atomic E-state index is 0.577. The van der Waals surface area contributed by atoms with Crippen molar-refractivity contribution in [3.05, 3.63) is 60.3 Å². The number of hydrogen-bond acceptors (Lipinski definition) is 4. The van der Waals surface area contributed by atoms with Crippen LogP contribution in [0.2, 0.25) is 0 Å². The van der Waals surface area contributed by atoms with E-state index in [0.29, 0.717) is 13.1 Å². The van der Waals surface area contributed by atoms with Crippen LogP contribution in [0.15, 0.2) is 54.7 Å². The van der Waals surface area contributed by atoms with Crippen molar-refractivity contribution >= 4 is 11.8 Å². The van der Waals surface area contributed by atoms with E-state index in [0.717, 1.165) is 24.5 Å². The van der Waals surface area contributed by atoms with Gasteiger partial charge in [-0.15, -0.1) is 0 Å². The first-order chi connectivity index (χ1) is 10.8. The van der Waals surface area contributed by atoms with Crippen LogP contribution in [0.25, 0.3) is 0 Å². The highest BCUT2D eigenvalue weighted by molar-refractivity contribution is 5.75. The maximum Gasteiger partial charge on any atom is 0.325 e. The summed E-state index contributed by atoms with van der Waals surface area (Å²) in [5, 5.41) is 9.59. The van der Waals surface area contributed by atoms with Gasteiger partial charge in [-0.3, -0.25) is 9.69 Å². The van der Waals surface area contributed by atoms with Crippen LogP contribution >= 0.6 is 0 Å². The first-order valence-electron chi connectivity index (χ1n) is 7.43. The van der Waals surface area contributed by atoms with Crippen molar-refractivity contribution < 1.29 is 9.90 Å². The van der Waals surface area contributed by atoms with E-state index in [-0.39, 0.29) is 0 Å². The van der Waals surface area contributed by atoms with Crippen LogP contribution in [0.3, 0.4) is 0 Å². The molecule has 0 aliphatic carbocycles. The molecule has 0 saturated carbocycles. The second-order valence-corrected chi connectivity index (χ2v) is 5.36. The second kappa shape index (κ2) is 6.58. The Morgan fingerprint density at radius 3 is 2.27 bits per heavy atom. The van der Waals surface area contributed by atoms with Crippen LogP contribution in [-0.2, 0) is 4.79 Å². The van der Waals surface area contributed by atoms with Crippen molar-refractivity contribution in [3.63, 3.8) is 0 Å². The van der Waals surface area contributed by atoms with Crippen LogP contribution in [0, 0.1) is 0 Å². The lowest BCUT2D eigenvalue weighted by Crippen LogP contribution is -2.49. The van der Waals surface area contributed by atoms with Gasteiger partial charge in [0.2, 0.25) is 0 Å². The van der Waals surface area contributed by atoms with E-state index in [1.165, 1.54) is 0 Å². The number of aromatic nitrogens is 1. The number of carboxylic acid groups (broad SMARTS) is 1. The molecule has 0 spiro atoms. The van der Waals surface area contributed by atoms with Crippen molar-refractivity contribution in [1.82, 2.24) is 9.88 Å². The highest BCUT2D eigenvalue weighted by Crippen LogP contribution is 2.23. The quantitative estimate of drug-likeness (QED) is 0.936. The van der Waals surface area contributed by atoms with Gasteiger partial charge in [-0.2, -0.15) is 0 Å². The summed E-state index contributed by atoms with van der Waals surface area (Å²) in [7, 11) is 0. The fraction of sp³-hybridized carbons (Fsp3) is 0.294. The Morgan fingerprint density at radius 2 is 1.68 bits per heavy atom. The molecule has 2 heterocycles. The Bertz CT molecular complexity index is 610. The third-order valence-corrected chi connectivity index (χ3v) is 4.00. The molecule has 0 bridgehead atoms. The number of rotatable bonds is 4. The van der Waals surface area contributed by atoms with Gasteiger partial charge in [0.05, 0.1) is 0 Å². The highest BCUT2D eigenvalue weighted by atomic mass is 16.4. The Kier molecular flexibility index (Phi) is 4.34. The van der Waals surface area contributed by atoms with Crippen molar-refractivity contribution in [1.29, 1.82) is 0 Å². The van der Waals surface area contributed by atoms with Gasteiger partial charge >= 0.3 is 5.97 Å². The second-order valence-electron chi connectivity index (χ2n) is 5.36. The molecule has 0 radical (unpaired) electrons. The lowest BCUT2D eigenvalue weighted by molar-refractivity contribution is -0.143. The number of carbonyl (C=O) groups is 1. The van der Waals surface area contributed by atoms with Crippen molar-refractivity contribution in [3.8, 4) is 0 Å². The molecule has 1 saturated heterocycles. The molecule has 3 rings (SSSR count). The third-order valence-electron chi connectivity index (χ3n) is 4.00. The highest BCUT2D eigenvalue weighted by Gasteiger charge is 2.30. The number of carboxylic acids is 1. The standard InChI is InChI=1S/C17H19N3O2/c21-17(22)16(14-6-2-1-3-7-14)20-12-10-19(11-13-20)15-8-4-5-9-18-15/h1-9,16H,10-13H2,(H,21,22). The number of pyridine rings is 1. The van der Waals surface area contributed by atoms with E-state index in [4.69, 9.17) is 0 Å². The number of anilines is 1. The Balaban J connectivity index is 1.70. The maximum atomic E-state index is 11.7. The van der Waals surface area contributed by atoms with Gasteiger partial charge in [-0.25, -0.2) is 4.98 Å². The van der Waals surface area contributed by atoms with Gasteiger partial charge in [0.1, 0.15) is 11.9 Å². The van der Waals surface area contributed by atoms with Crippen molar-refractivity contribution in [2.75, 3.05) is 31.1 Å². The van der Waals surface area contributed by atoms with Crippen LogP contribution in [0.4, 0.5) is 5.82 Å². The predicted octanol–water partition coefficient (Wildman–Crippen LogP) is 2.03. The van der Waals surface area contributed by atoms with Gasteiger partial charge in [0.25, 0.3) is 0 Å². The molecule has 1 fully saturated rings. The van der Waals surface area contributed by atoms with Gasteiger partial charge in [-0.05, 0) is 17.7 Å². The van der Waals surface area contributed by atoms with E-state index < -0.39 is 12.0 Å². The molecule has 22 heavy (non-hydrogen) atoms. The summed E-state index contributed by atoms with van der Waals surface area (Å²) in [5.74, 6) is 0.159. The van der Waals surface area contributed by atoms with Gasteiger partial charge in [0.15, 0.2) is 0 Å². The van der Waals surface area contributed by atoms with Crippen LogP contribution in [0.1, 0.15) is 11.6 Å². The van der Waals surface area contributed by atoms with E-state index in [2.05, 4.69) is 9.88 Å². The summed E-state index contributed by atoms with van der Waals surface area (Å²) >= 11 is 0. The zero-order valence-electron chi connectivity index (χ0n) is 12.3. The fourth-order valence-corrected chi connectivity index (χ4v) is 2.89. The van der Waals surface area contributed by atoms with Crippen molar-refractivity contribution in [2.24, 2.45) is 0 Å². The number of aliphatic carboxylic acids is 1. The summed E-state index contributed by atoms with van der Waals surface area (Å²) in [6.45, 7) is 2.99. The molecule has 2 aromatic rings. The minimum Gasteiger partial charge on any atom is -0.480 e. The summed E-state index contributed by atoms with van der Waals surface area (Å²) in [6, 6.07) is 14.7. The number of piperazine rings is 1. The molecule has 5 heteroatoms. The Morgan fingerprint density at radius 1 is 1.00 bits per heavy atom. The molecule has 5 nitrogen and oxygen atoms in total. The lowest BCUT2D eigenvalue weighted by Gasteiger charge is -2.38. The monoisotopic (exact) mass is 297 g/mol. The number of benzene rings is 1. The van der Waals surface area contributed by atoms with Gasteiger partial charge < -0.3 is 10.0 Å². The summed E-state index contributed by atoms with van der Waals surface area (Å²) < 4.78 is 0. The molecular weight excluding hydrogens is 278 g/mol. The predicted molar refractivity (Wildman–Crippen MR) is 84.8 cm³/mol. The summed E-state index contributed by atoms with van der Waals surface area (Å²) in [5.41, 5.74) is 0.835. The van der Waals surface area contributed by atoms with Crippen LogP contribution in [0.5, 0.6) is 0 Å². The molecule has 1 N–H and O–H groups in total. The maximum absolute atomic E-state index is 11.7. The van der Waals surface area contributed by atoms with E-state index in [9.17, 15) is 9.90 Å². The van der Waals surface area contributed by atoms with E-state index >= 15 is 0 Å². The lowest BCUT2D eigenvalue weighted by atomic mass is 10.0. The topological polar surface area (TPSA) is 56.7 Å². The molecule has 1 unspecified atom stereocenters. The Labute approximate surface area is 129 Å². The molecule has 1 aromatic heterocycles. The molecule has 1 atom stereocenters. The van der Waals surface area contributed by atoms with Crippen LogP contribution < -0.4 is 4.90 Å². The van der Waals surface area contributed by atoms with Crippen LogP contribution in [-0.4, -0.2) is 47.1 Å². The minimum atomic E-state index is -0.794. The van der Waals surface area contributed by atoms with Gasteiger partial charge in [-0.1, -0.05) is 36.4 Å². The average molecular weight is 297 g/mol. The third kappa shape index (κ3) is 3.09. The Hall–Kier alpha value is -2.40. The molecule has 0 amide bonds. The molecule has 114 valence electrons. The van der Waals surface area contributed by atoms with Crippen molar-refractivity contribution in [2.45, 2.75) is 6.04 Å². The summed E-state index contributed by atoms with van der Waals surface area (Å²) in [6.07, 6.45) is 1.78. The summed E-state index contributed by atoms with van der Waals surface area (Å²) in [4.78, 5) is 20.3. The fourth-order valence-electron chi connectivity index (χ4n) is 2.89. The van der Waals surface area contributed by atoms with Gasteiger partial charge in [0, 0.05) is 32.4 Å². The SMILES string of the molecule is O=C(O)C(c1ccccc1)N1CCN(c2ccccn2)CC1. The molecule has 1 aliphatic heterocycles. The van der Waals surface area contributed by atoms with E-state index in [1.807, 2.05) is 53.4 Å².